The van der Waals surface area contributed by atoms with Gasteiger partial charge in [-0.25, -0.2) is 9.38 Å². The molecule has 0 amide bonds. The molecule has 0 aromatic carbocycles. The van der Waals surface area contributed by atoms with E-state index in [-0.39, 0.29) is 0 Å². The fourth-order valence-corrected chi connectivity index (χ4v) is 3.18. The molecule has 0 aromatic rings. The number of hydrogen-bond acceptors (Lipinski definition) is 2. The van der Waals surface area contributed by atoms with Gasteiger partial charge in [-0.3, -0.25) is 0 Å². The molecule has 0 aliphatic heterocycles. The molecule has 0 atom stereocenters. The first kappa shape index (κ1) is 18.5. The van der Waals surface area contributed by atoms with Crippen molar-refractivity contribution in [3.05, 3.63) is 43.3 Å². The van der Waals surface area contributed by atoms with Crippen LogP contribution in [0, 0.1) is 0 Å². The number of halogens is 3. The van der Waals surface area contributed by atoms with Gasteiger partial charge >= 0.3 is 0 Å². The monoisotopic (exact) mass is 347 g/mol. The van der Waals surface area contributed by atoms with Crippen molar-refractivity contribution in [2.24, 2.45) is 4.99 Å². The molecule has 1 aliphatic carbocycles. The lowest BCUT2D eigenvalue weighted by molar-refractivity contribution is 0.542. The van der Waals surface area contributed by atoms with Crippen LogP contribution in [0.2, 0.25) is 0 Å². The molecule has 0 N–H and O–H groups in total. The molecular weight excluding hydrogens is 328 g/mol. The van der Waals surface area contributed by atoms with Crippen LogP contribution in [0.25, 0.3) is 0 Å². The molecule has 0 saturated carbocycles. The van der Waals surface area contributed by atoms with E-state index in [1.807, 2.05) is 13.0 Å². The van der Waals surface area contributed by atoms with Crippen LogP contribution in [0.1, 0.15) is 40.0 Å². The highest BCUT2D eigenvalue weighted by Gasteiger charge is 2.16. The van der Waals surface area contributed by atoms with E-state index in [1.54, 1.807) is 13.1 Å². The second kappa shape index (κ2) is 9.50. The standard InChI is InChI=1S/C16H20Cl2FNS/c1-4-6-11(2)10-20-16(12(3)9-19)21-14-8-5-7-13(17)15(14)18/h6,8,10H,4-5,7,9H2,1-3H3/b11-6-,16-12-,20-10-. The first-order valence-electron chi connectivity index (χ1n) is 6.88. The van der Waals surface area contributed by atoms with Crippen molar-refractivity contribution in [3.8, 4) is 0 Å². The van der Waals surface area contributed by atoms with Gasteiger partial charge in [-0.1, -0.05) is 54.0 Å². The molecule has 0 radical (unpaired) electrons. The van der Waals surface area contributed by atoms with Crippen LogP contribution in [0.4, 0.5) is 4.39 Å². The molecule has 0 unspecified atom stereocenters. The normalized spacial score (nSPS) is 18.2. The number of rotatable bonds is 6. The Labute approximate surface area is 140 Å². The molecule has 21 heavy (non-hydrogen) atoms. The molecule has 5 heteroatoms. The third-order valence-corrected chi connectivity index (χ3v) is 5.09. The Morgan fingerprint density at radius 3 is 2.76 bits per heavy atom. The fraction of sp³-hybridized carbons (Fsp3) is 0.438. The van der Waals surface area contributed by atoms with Gasteiger partial charge in [-0.2, -0.15) is 0 Å². The van der Waals surface area contributed by atoms with Crippen LogP contribution >= 0.6 is 35.0 Å². The lowest BCUT2D eigenvalue weighted by Gasteiger charge is -2.14. The Morgan fingerprint density at radius 1 is 1.43 bits per heavy atom. The Hall–Kier alpha value is -0.510. The van der Waals surface area contributed by atoms with Crippen LogP contribution in [0.5, 0.6) is 0 Å². The molecule has 0 bridgehead atoms. The molecule has 0 spiro atoms. The molecular formula is C16H20Cl2FNS. The summed E-state index contributed by atoms with van der Waals surface area (Å²) in [5, 5.41) is 1.84. The fourth-order valence-electron chi connectivity index (χ4n) is 1.67. The van der Waals surface area contributed by atoms with E-state index < -0.39 is 6.67 Å². The van der Waals surface area contributed by atoms with E-state index >= 15 is 0 Å². The van der Waals surface area contributed by atoms with E-state index in [9.17, 15) is 4.39 Å². The minimum absolute atomic E-state index is 0.529. The number of alkyl halides is 1. The topological polar surface area (TPSA) is 12.4 Å². The van der Waals surface area contributed by atoms with Gasteiger partial charge in [0.05, 0.1) is 5.03 Å². The van der Waals surface area contributed by atoms with Crippen molar-refractivity contribution >= 4 is 41.2 Å². The maximum Gasteiger partial charge on any atom is 0.113 e. The van der Waals surface area contributed by atoms with E-state index in [1.165, 1.54) is 11.8 Å². The zero-order valence-corrected chi connectivity index (χ0v) is 14.9. The Morgan fingerprint density at radius 2 is 2.14 bits per heavy atom. The molecule has 0 fully saturated rings. The number of allylic oxidation sites excluding steroid dienone is 6. The third kappa shape index (κ3) is 6.01. The zero-order valence-electron chi connectivity index (χ0n) is 12.5. The molecule has 1 rings (SSSR count). The summed E-state index contributed by atoms with van der Waals surface area (Å²) in [6.45, 7) is 5.25. The van der Waals surface area contributed by atoms with Crippen molar-refractivity contribution in [3.63, 3.8) is 0 Å². The van der Waals surface area contributed by atoms with Gasteiger partial charge in [0.1, 0.15) is 11.7 Å². The lowest BCUT2D eigenvalue weighted by Crippen LogP contribution is -1.93. The van der Waals surface area contributed by atoms with Crippen molar-refractivity contribution in [2.75, 3.05) is 6.67 Å². The predicted octanol–water partition coefficient (Wildman–Crippen LogP) is 6.71. The average molecular weight is 348 g/mol. The lowest BCUT2D eigenvalue weighted by atomic mass is 10.2. The van der Waals surface area contributed by atoms with E-state index in [4.69, 9.17) is 23.2 Å². The third-order valence-electron chi connectivity index (χ3n) is 2.83. The summed E-state index contributed by atoms with van der Waals surface area (Å²) in [6, 6.07) is 0. The summed E-state index contributed by atoms with van der Waals surface area (Å²) in [5.41, 5.74) is 1.65. The maximum absolute atomic E-state index is 13.0. The van der Waals surface area contributed by atoms with Crippen LogP contribution < -0.4 is 0 Å². The van der Waals surface area contributed by atoms with Crippen LogP contribution in [-0.2, 0) is 0 Å². The number of hydrogen-bond donors (Lipinski definition) is 0. The van der Waals surface area contributed by atoms with Crippen molar-refractivity contribution in [2.45, 2.75) is 40.0 Å². The van der Waals surface area contributed by atoms with Crippen LogP contribution in [0.15, 0.2) is 48.3 Å². The quantitative estimate of drug-likeness (QED) is 0.486. The molecule has 1 nitrogen and oxygen atoms in total. The van der Waals surface area contributed by atoms with Gasteiger partial charge < -0.3 is 0 Å². The van der Waals surface area contributed by atoms with Gasteiger partial charge in [-0.15, -0.1) is 0 Å². The minimum Gasteiger partial charge on any atom is -0.249 e. The largest absolute Gasteiger partial charge is 0.249 e. The first-order valence-corrected chi connectivity index (χ1v) is 8.45. The first-order chi connectivity index (χ1) is 9.99. The summed E-state index contributed by atoms with van der Waals surface area (Å²) in [7, 11) is 0. The minimum atomic E-state index is -0.529. The highest BCUT2D eigenvalue weighted by atomic mass is 35.5. The van der Waals surface area contributed by atoms with Gasteiger partial charge in [0.2, 0.25) is 0 Å². The summed E-state index contributed by atoms with van der Waals surface area (Å²) in [6.07, 6.45) is 8.40. The van der Waals surface area contributed by atoms with Gasteiger partial charge in [0.25, 0.3) is 0 Å². The highest BCUT2D eigenvalue weighted by molar-refractivity contribution is 8.07. The van der Waals surface area contributed by atoms with Crippen molar-refractivity contribution < 1.29 is 4.39 Å². The van der Waals surface area contributed by atoms with E-state index in [2.05, 4.69) is 18.0 Å². The number of aliphatic imine (C=N–C) groups is 1. The second-order valence-electron chi connectivity index (χ2n) is 4.76. The van der Waals surface area contributed by atoms with Crippen molar-refractivity contribution in [1.82, 2.24) is 0 Å². The molecule has 0 heterocycles. The van der Waals surface area contributed by atoms with Gasteiger partial charge in [-0.05, 0) is 44.3 Å². The summed E-state index contributed by atoms with van der Waals surface area (Å²) < 4.78 is 13.0. The van der Waals surface area contributed by atoms with E-state index in [0.29, 0.717) is 20.7 Å². The summed E-state index contributed by atoms with van der Waals surface area (Å²) >= 11 is 13.7. The van der Waals surface area contributed by atoms with Gasteiger partial charge in [0.15, 0.2) is 0 Å². The molecule has 0 aromatic heterocycles. The average Bonchev–Trinajstić information content (AvgIpc) is 2.47. The van der Waals surface area contributed by atoms with Gasteiger partial charge in [0, 0.05) is 16.2 Å². The Kier molecular flexibility index (Phi) is 8.38. The number of thioether (sulfide) groups is 1. The smallest absolute Gasteiger partial charge is 0.113 e. The number of nitrogens with zero attached hydrogens (tertiary/aromatic N) is 1. The Bertz CT molecular complexity index is 530. The van der Waals surface area contributed by atoms with E-state index in [0.717, 1.165) is 29.7 Å². The van der Waals surface area contributed by atoms with Crippen LogP contribution in [-0.4, -0.2) is 12.9 Å². The second-order valence-corrected chi connectivity index (χ2v) is 6.63. The SMILES string of the molecule is CC\C=C(C)/C=N\C(SC1=CCCC(Cl)=C1Cl)=C(/C)CF. The summed E-state index contributed by atoms with van der Waals surface area (Å²) in [4.78, 5) is 5.26. The predicted molar refractivity (Wildman–Crippen MR) is 94.9 cm³/mol. The highest BCUT2D eigenvalue weighted by Crippen LogP contribution is 2.41. The molecule has 116 valence electrons. The van der Waals surface area contributed by atoms with Crippen molar-refractivity contribution in [1.29, 1.82) is 0 Å². The van der Waals surface area contributed by atoms with Crippen LogP contribution in [0.3, 0.4) is 0 Å². The Balaban J connectivity index is 2.97. The molecule has 1 aliphatic rings. The maximum atomic E-state index is 13.0. The zero-order chi connectivity index (χ0) is 15.8. The molecule has 0 saturated heterocycles. The summed E-state index contributed by atoms with van der Waals surface area (Å²) in [5.74, 6) is 0.